The first-order valence-corrected chi connectivity index (χ1v) is 8.36. The summed E-state index contributed by atoms with van der Waals surface area (Å²) in [6, 6.07) is 0. The quantitative estimate of drug-likeness (QED) is 0.825. The first-order valence-electron chi connectivity index (χ1n) is 7.54. The van der Waals surface area contributed by atoms with Crippen LogP contribution >= 0.6 is 11.3 Å². The summed E-state index contributed by atoms with van der Waals surface area (Å²) in [4.78, 5) is 36.7. The largest absolute Gasteiger partial charge is 0.478 e. The maximum absolute atomic E-state index is 12.4. The number of alkyl halides is 3. The molecule has 2 heterocycles. The lowest BCUT2D eigenvalue weighted by atomic mass is 10.1. The van der Waals surface area contributed by atoms with Crippen molar-refractivity contribution in [2.75, 3.05) is 18.4 Å². The highest BCUT2D eigenvalue weighted by Crippen LogP contribution is 2.34. The number of hydrogen-bond donors (Lipinski definition) is 2. The third-order valence-electron chi connectivity index (χ3n) is 3.97. The van der Waals surface area contributed by atoms with E-state index in [-0.39, 0.29) is 23.5 Å². The minimum atomic E-state index is -4.53. The molecular weight excluding hydrogens is 361 g/mol. The lowest BCUT2D eigenvalue weighted by molar-refractivity contribution is -0.157. The van der Waals surface area contributed by atoms with Gasteiger partial charge in [-0.15, -0.1) is 11.3 Å². The molecule has 1 atom stereocenters. The Labute approximate surface area is 145 Å². The number of rotatable bonds is 5. The highest BCUT2D eigenvalue weighted by molar-refractivity contribution is 7.16. The van der Waals surface area contributed by atoms with Crippen LogP contribution in [0.15, 0.2) is 0 Å². The third kappa shape index (κ3) is 4.30. The van der Waals surface area contributed by atoms with E-state index in [4.69, 9.17) is 0 Å². The van der Waals surface area contributed by atoms with Gasteiger partial charge < -0.3 is 15.3 Å². The van der Waals surface area contributed by atoms with Crippen LogP contribution in [-0.4, -0.2) is 47.1 Å². The lowest BCUT2D eigenvalue weighted by Gasteiger charge is -2.18. The predicted molar refractivity (Wildman–Crippen MR) is 84.8 cm³/mol. The van der Waals surface area contributed by atoms with E-state index in [9.17, 15) is 32.7 Å². The molecule has 1 aliphatic rings. The van der Waals surface area contributed by atoms with Crippen LogP contribution < -0.4 is 5.32 Å². The van der Waals surface area contributed by atoms with Crippen molar-refractivity contribution in [1.29, 1.82) is 0 Å². The second kappa shape index (κ2) is 7.03. The molecule has 1 aliphatic heterocycles. The van der Waals surface area contributed by atoms with Gasteiger partial charge >= 0.3 is 12.1 Å². The number of aromatic carboxylic acids is 1. The van der Waals surface area contributed by atoms with Gasteiger partial charge in [-0.05, 0) is 18.9 Å². The van der Waals surface area contributed by atoms with Crippen LogP contribution in [-0.2, 0) is 16.0 Å². The second-order valence-electron chi connectivity index (χ2n) is 5.78. The maximum atomic E-state index is 12.4. The molecule has 0 aliphatic carbocycles. The predicted octanol–water partition coefficient (Wildman–Crippen LogP) is 2.67. The molecule has 2 N–H and O–H groups in total. The fourth-order valence-corrected chi connectivity index (χ4v) is 3.99. The number of amides is 2. The number of carboxylic acid groups (broad SMARTS) is 1. The Hall–Kier alpha value is -2.10. The van der Waals surface area contributed by atoms with Crippen LogP contribution in [0.2, 0.25) is 0 Å². The smallest absolute Gasteiger partial charge is 0.406 e. The summed E-state index contributed by atoms with van der Waals surface area (Å²) in [5, 5.41) is 12.0. The van der Waals surface area contributed by atoms with Gasteiger partial charge in [-0.25, -0.2) is 4.79 Å². The molecule has 25 heavy (non-hydrogen) atoms. The van der Waals surface area contributed by atoms with E-state index in [1.54, 1.807) is 13.8 Å². The SMILES string of the molecule is CCc1c(C)sc(NC(=O)C2CC(=O)N(CC(F)(F)F)C2)c1C(=O)O. The molecule has 2 amide bonds. The summed E-state index contributed by atoms with van der Waals surface area (Å²) >= 11 is 1.10. The van der Waals surface area contributed by atoms with Gasteiger partial charge in [0, 0.05) is 17.8 Å². The molecule has 0 bridgehead atoms. The molecule has 0 aromatic carbocycles. The Morgan fingerprint density at radius 1 is 1.40 bits per heavy atom. The topological polar surface area (TPSA) is 86.7 Å². The van der Waals surface area contributed by atoms with Gasteiger partial charge in [0.1, 0.15) is 11.5 Å². The Bertz CT molecular complexity index is 714. The summed E-state index contributed by atoms with van der Waals surface area (Å²) in [6.07, 6.45) is -4.38. The number of nitrogens with zero attached hydrogens (tertiary/aromatic N) is 1. The molecule has 0 radical (unpaired) electrons. The van der Waals surface area contributed by atoms with Gasteiger partial charge in [-0.3, -0.25) is 9.59 Å². The van der Waals surface area contributed by atoms with Crippen molar-refractivity contribution in [1.82, 2.24) is 4.90 Å². The van der Waals surface area contributed by atoms with Crippen LogP contribution in [0.5, 0.6) is 0 Å². The van der Waals surface area contributed by atoms with E-state index in [2.05, 4.69) is 5.32 Å². The molecule has 1 unspecified atom stereocenters. The number of likely N-dealkylation sites (tertiary alicyclic amines) is 1. The number of anilines is 1. The third-order valence-corrected chi connectivity index (χ3v) is 5.03. The summed E-state index contributed by atoms with van der Waals surface area (Å²) < 4.78 is 37.3. The summed E-state index contributed by atoms with van der Waals surface area (Å²) in [7, 11) is 0. The summed E-state index contributed by atoms with van der Waals surface area (Å²) in [5.41, 5.74) is 0.601. The number of halogens is 3. The van der Waals surface area contributed by atoms with E-state index in [1.807, 2.05) is 0 Å². The van der Waals surface area contributed by atoms with Crippen molar-refractivity contribution >= 4 is 34.1 Å². The number of carboxylic acids is 1. The molecule has 0 spiro atoms. The molecule has 2 rings (SSSR count). The highest BCUT2D eigenvalue weighted by Gasteiger charge is 2.41. The molecule has 1 saturated heterocycles. The highest BCUT2D eigenvalue weighted by atomic mass is 32.1. The molecule has 138 valence electrons. The zero-order valence-electron chi connectivity index (χ0n) is 13.6. The first-order chi connectivity index (χ1) is 11.5. The molecule has 0 saturated carbocycles. The Kier molecular flexibility index (Phi) is 5.40. The number of thiophene rings is 1. The zero-order chi connectivity index (χ0) is 18.9. The molecule has 10 heteroatoms. The Morgan fingerprint density at radius 2 is 2.04 bits per heavy atom. The van der Waals surface area contributed by atoms with Gasteiger partial charge in [-0.2, -0.15) is 13.2 Å². The van der Waals surface area contributed by atoms with Crippen molar-refractivity contribution in [2.45, 2.75) is 32.9 Å². The van der Waals surface area contributed by atoms with E-state index >= 15 is 0 Å². The normalized spacial score (nSPS) is 17.9. The number of carbonyl (C=O) groups excluding carboxylic acids is 2. The van der Waals surface area contributed by atoms with Crippen molar-refractivity contribution < 1.29 is 32.7 Å². The molecular formula is C15H17F3N2O4S. The van der Waals surface area contributed by atoms with Crippen molar-refractivity contribution in [2.24, 2.45) is 5.92 Å². The van der Waals surface area contributed by atoms with E-state index in [0.717, 1.165) is 16.2 Å². The van der Waals surface area contributed by atoms with Crippen LogP contribution in [0.25, 0.3) is 0 Å². The standard InChI is InChI=1S/C15H17F3N2O4S/c1-3-9-7(2)25-13(11(9)14(23)24)19-12(22)8-4-10(21)20(5-8)6-15(16,17)18/h8H,3-6H2,1-2H3,(H,19,22)(H,23,24). The first kappa shape index (κ1) is 19.2. The summed E-state index contributed by atoms with van der Waals surface area (Å²) in [5.74, 6) is -3.52. The van der Waals surface area contributed by atoms with E-state index in [0.29, 0.717) is 16.9 Å². The van der Waals surface area contributed by atoms with Crippen LogP contribution in [0, 0.1) is 12.8 Å². The average Bonchev–Trinajstić information content (AvgIpc) is 2.97. The fourth-order valence-electron chi connectivity index (χ4n) is 2.85. The van der Waals surface area contributed by atoms with Gasteiger partial charge in [0.15, 0.2) is 0 Å². The van der Waals surface area contributed by atoms with Crippen molar-refractivity contribution in [3.63, 3.8) is 0 Å². The van der Waals surface area contributed by atoms with Gasteiger partial charge in [-0.1, -0.05) is 6.92 Å². The van der Waals surface area contributed by atoms with E-state index < -0.39 is 36.4 Å². The number of nitrogens with one attached hydrogen (secondary N) is 1. The zero-order valence-corrected chi connectivity index (χ0v) is 14.4. The minimum absolute atomic E-state index is 0.00480. The second-order valence-corrected chi connectivity index (χ2v) is 7.00. The van der Waals surface area contributed by atoms with Crippen LogP contribution in [0.3, 0.4) is 0 Å². The van der Waals surface area contributed by atoms with Gasteiger partial charge in [0.05, 0.1) is 11.5 Å². The Morgan fingerprint density at radius 3 is 2.56 bits per heavy atom. The maximum Gasteiger partial charge on any atom is 0.406 e. The van der Waals surface area contributed by atoms with Crippen LogP contribution in [0.1, 0.15) is 34.1 Å². The van der Waals surface area contributed by atoms with Crippen molar-refractivity contribution in [3.8, 4) is 0 Å². The lowest BCUT2D eigenvalue weighted by Crippen LogP contribution is -2.36. The van der Waals surface area contributed by atoms with Gasteiger partial charge in [0.2, 0.25) is 11.8 Å². The summed E-state index contributed by atoms with van der Waals surface area (Å²) in [6.45, 7) is 1.79. The van der Waals surface area contributed by atoms with Crippen molar-refractivity contribution in [3.05, 3.63) is 16.0 Å². The number of carbonyl (C=O) groups is 3. The fraction of sp³-hybridized carbons (Fsp3) is 0.533. The molecule has 1 aromatic rings. The minimum Gasteiger partial charge on any atom is -0.478 e. The Balaban J connectivity index is 2.14. The van der Waals surface area contributed by atoms with Crippen LogP contribution in [0.4, 0.5) is 18.2 Å². The monoisotopic (exact) mass is 378 g/mol. The molecule has 1 fully saturated rings. The van der Waals surface area contributed by atoms with Gasteiger partial charge in [0.25, 0.3) is 0 Å². The molecule has 6 nitrogen and oxygen atoms in total. The average molecular weight is 378 g/mol. The number of aryl methyl sites for hydroxylation is 1. The van der Waals surface area contributed by atoms with E-state index in [1.165, 1.54) is 0 Å². The number of hydrogen-bond acceptors (Lipinski definition) is 4. The molecule has 1 aromatic heterocycles.